The van der Waals surface area contributed by atoms with Gasteiger partial charge in [0.2, 0.25) is 5.13 Å². The number of hydrogen-bond acceptors (Lipinski definition) is 4. The molecule has 16 heavy (non-hydrogen) atoms. The zero-order chi connectivity index (χ0) is 11.7. The number of anilines is 1. The molecule has 2 rings (SSSR count). The Hall–Kier alpha value is -0.640. The van der Waals surface area contributed by atoms with Gasteiger partial charge in [-0.2, -0.15) is 4.37 Å². The maximum atomic E-state index is 4.53. The maximum absolute atomic E-state index is 4.53. The topological polar surface area (TPSA) is 37.8 Å². The van der Waals surface area contributed by atoms with Crippen LogP contribution >= 0.6 is 11.5 Å². The van der Waals surface area contributed by atoms with Crippen molar-refractivity contribution in [3.8, 4) is 0 Å². The Kier molecular flexibility index (Phi) is 3.47. The van der Waals surface area contributed by atoms with Crippen LogP contribution < -0.4 is 5.32 Å². The van der Waals surface area contributed by atoms with Crippen molar-refractivity contribution in [2.75, 3.05) is 5.32 Å². The van der Waals surface area contributed by atoms with Gasteiger partial charge in [-0.3, -0.25) is 0 Å². The van der Waals surface area contributed by atoms with Crippen LogP contribution in [0.5, 0.6) is 0 Å². The molecule has 0 saturated heterocycles. The monoisotopic (exact) mass is 239 g/mol. The van der Waals surface area contributed by atoms with Gasteiger partial charge in [-0.25, -0.2) is 4.98 Å². The molecule has 0 aliphatic heterocycles. The minimum absolute atomic E-state index is 0.423. The predicted octanol–water partition coefficient (Wildman–Crippen LogP) is 3.51. The first-order valence-electron chi connectivity index (χ1n) is 6.18. The van der Waals surface area contributed by atoms with E-state index in [9.17, 15) is 0 Å². The molecule has 0 radical (unpaired) electrons. The third-order valence-corrected chi connectivity index (χ3v) is 4.39. The highest BCUT2D eigenvalue weighted by Crippen LogP contribution is 2.33. The Labute approximate surface area is 102 Å². The zero-order valence-corrected chi connectivity index (χ0v) is 11.3. The van der Waals surface area contributed by atoms with Gasteiger partial charge < -0.3 is 5.32 Å². The average Bonchev–Trinajstić information content (AvgIpc) is 2.81. The van der Waals surface area contributed by atoms with E-state index in [1.165, 1.54) is 24.4 Å². The van der Waals surface area contributed by atoms with Gasteiger partial charge >= 0.3 is 0 Å². The van der Waals surface area contributed by atoms with Gasteiger partial charge in [-0.05, 0) is 24.7 Å². The van der Waals surface area contributed by atoms with E-state index in [1.54, 1.807) is 0 Å². The molecule has 0 amide bonds. The molecule has 1 aromatic heterocycles. The largest absolute Gasteiger partial charge is 0.357 e. The summed E-state index contributed by atoms with van der Waals surface area (Å²) in [5.74, 6) is 2.96. The molecule has 1 aliphatic rings. The molecular formula is C12H21N3S. The lowest BCUT2D eigenvalue weighted by molar-refractivity contribution is 0.435. The lowest BCUT2D eigenvalue weighted by Crippen LogP contribution is -2.23. The molecule has 3 unspecified atom stereocenters. The van der Waals surface area contributed by atoms with Crippen LogP contribution in [0.25, 0.3) is 0 Å². The molecule has 0 aromatic carbocycles. The fourth-order valence-electron chi connectivity index (χ4n) is 2.26. The number of nitrogens with zero attached hydrogens (tertiary/aromatic N) is 2. The van der Waals surface area contributed by atoms with E-state index in [-0.39, 0.29) is 0 Å². The van der Waals surface area contributed by atoms with Gasteiger partial charge in [0.1, 0.15) is 5.82 Å². The number of nitrogens with one attached hydrogen (secondary N) is 1. The van der Waals surface area contributed by atoms with Gasteiger partial charge in [0.15, 0.2) is 0 Å². The number of aromatic nitrogens is 2. The summed E-state index contributed by atoms with van der Waals surface area (Å²) in [5, 5.41) is 4.54. The van der Waals surface area contributed by atoms with Gasteiger partial charge in [-0.15, -0.1) is 0 Å². The second kappa shape index (κ2) is 4.70. The standard InChI is InChI=1S/C12H21N3S/c1-7(2)11-14-12(16-15-11)13-10-6-5-8(3)9(10)4/h7-10H,5-6H2,1-4H3,(H,13,14,15). The molecule has 0 bridgehead atoms. The summed E-state index contributed by atoms with van der Waals surface area (Å²) in [6, 6.07) is 0.586. The van der Waals surface area contributed by atoms with E-state index >= 15 is 0 Å². The average molecular weight is 239 g/mol. The fourth-order valence-corrected chi connectivity index (χ4v) is 3.03. The van der Waals surface area contributed by atoms with Crippen molar-refractivity contribution in [1.82, 2.24) is 9.36 Å². The van der Waals surface area contributed by atoms with E-state index in [0.717, 1.165) is 22.8 Å². The normalized spacial score (nSPS) is 29.9. The summed E-state index contributed by atoms with van der Waals surface area (Å²) in [6.45, 7) is 8.93. The zero-order valence-electron chi connectivity index (χ0n) is 10.5. The summed E-state index contributed by atoms with van der Waals surface area (Å²) in [7, 11) is 0. The molecule has 0 spiro atoms. The Bertz CT molecular complexity index is 348. The van der Waals surface area contributed by atoms with E-state index in [4.69, 9.17) is 0 Å². The van der Waals surface area contributed by atoms with Crippen LogP contribution in [0.2, 0.25) is 0 Å². The van der Waals surface area contributed by atoms with Crippen molar-refractivity contribution in [3.63, 3.8) is 0 Å². The molecule has 1 heterocycles. The van der Waals surface area contributed by atoms with Crippen molar-refractivity contribution in [2.45, 2.75) is 52.5 Å². The van der Waals surface area contributed by atoms with Crippen molar-refractivity contribution in [2.24, 2.45) is 11.8 Å². The Balaban J connectivity index is 1.98. The summed E-state index contributed by atoms with van der Waals surface area (Å²) in [6.07, 6.45) is 2.59. The van der Waals surface area contributed by atoms with Crippen LogP contribution in [0.3, 0.4) is 0 Å². The van der Waals surface area contributed by atoms with Gasteiger partial charge in [0, 0.05) is 23.5 Å². The lowest BCUT2D eigenvalue weighted by Gasteiger charge is -2.18. The van der Waals surface area contributed by atoms with Crippen molar-refractivity contribution in [3.05, 3.63) is 5.82 Å². The van der Waals surface area contributed by atoms with Crippen LogP contribution in [0.4, 0.5) is 5.13 Å². The molecule has 1 fully saturated rings. The van der Waals surface area contributed by atoms with Gasteiger partial charge in [0.05, 0.1) is 0 Å². The highest BCUT2D eigenvalue weighted by Gasteiger charge is 2.30. The summed E-state index contributed by atoms with van der Waals surface area (Å²) < 4.78 is 4.37. The minimum atomic E-state index is 0.423. The number of hydrogen-bond donors (Lipinski definition) is 1. The Morgan fingerprint density at radius 3 is 2.56 bits per heavy atom. The SMILES string of the molecule is CC(C)c1nsc(NC2CCC(C)C2C)n1. The molecular weight excluding hydrogens is 218 g/mol. The van der Waals surface area contributed by atoms with E-state index in [2.05, 4.69) is 42.4 Å². The third kappa shape index (κ3) is 2.37. The Morgan fingerprint density at radius 1 is 1.31 bits per heavy atom. The van der Waals surface area contributed by atoms with E-state index < -0.39 is 0 Å². The van der Waals surface area contributed by atoms with Gasteiger partial charge in [-0.1, -0.05) is 27.7 Å². The first-order chi connectivity index (χ1) is 7.58. The molecule has 90 valence electrons. The second-order valence-electron chi connectivity index (χ2n) is 5.28. The molecule has 4 heteroatoms. The van der Waals surface area contributed by atoms with Crippen LogP contribution in [-0.4, -0.2) is 15.4 Å². The first kappa shape index (κ1) is 11.8. The molecule has 1 aromatic rings. The number of rotatable bonds is 3. The third-order valence-electron chi connectivity index (χ3n) is 3.73. The smallest absolute Gasteiger partial charge is 0.202 e. The molecule has 3 atom stereocenters. The molecule has 3 nitrogen and oxygen atoms in total. The first-order valence-corrected chi connectivity index (χ1v) is 6.95. The molecule has 1 N–H and O–H groups in total. The van der Waals surface area contributed by atoms with Gasteiger partial charge in [0.25, 0.3) is 0 Å². The van der Waals surface area contributed by atoms with Crippen molar-refractivity contribution < 1.29 is 0 Å². The lowest BCUT2D eigenvalue weighted by atomic mass is 9.98. The Morgan fingerprint density at radius 2 is 2.06 bits per heavy atom. The molecule has 1 saturated carbocycles. The van der Waals surface area contributed by atoms with Crippen LogP contribution in [-0.2, 0) is 0 Å². The van der Waals surface area contributed by atoms with E-state index in [1.807, 2.05) is 0 Å². The second-order valence-corrected chi connectivity index (χ2v) is 6.03. The van der Waals surface area contributed by atoms with E-state index in [0.29, 0.717) is 12.0 Å². The van der Waals surface area contributed by atoms with Crippen molar-refractivity contribution >= 4 is 16.7 Å². The fraction of sp³-hybridized carbons (Fsp3) is 0.833. The highest BCUT2D eigenvalue weighted by molar-refractivity contribution is 7.09. The predicted molar refractivity (Wildman–Crippen MR) is 69.0 cm³/mol. The highest BCUT2D eigenvalue weighted by atomic mass is 32.1. The maximum Gasteiger partial charge on any atom is 0.202 e. The van der Waals surface area contributed by atoms with Crippen LogP contribution in [0.1, 0.15) is 52.3 Å². The molecule has 1 aliphatic carbocycles. The van der Waals surface area contributed by atoms with Crippen LogP contribution in [0.15, 0.2) is 0 Å². The summed E-state index contributed by atoms with van der Waals surface area (Å²) in [5.41, 5.74) is 0. The van der Waals surface area contributed by atoms with Crippen LogP contribution in [0, 0.1) is 11.8 Å². The summed E-state index contributed by atoms with van der Waals surface area (Å²) in [4.78, 5) is 4.53. The summed E-state index contributed by atoms with van der Waals surface area (Å²) >= 11 is 1.50. The quantitative estimate of drug-likeness (QED) is 0.877. The minimum Gasteiger partial charge on any atom is -0.357 e. The van der Waals surface area contributed by atoms with Crippen molar-refractivity contribution in [1.29, 1.82) is 0 Å².